The van der Waals surface area contributed by atoms with Gasteiger partial charge in [0.05, 0.1) is 0 Å². The normalized spacial score (nSPS) is 14.4. The van der Waals surface area contributed by atoms with Crippen LogP contribution in [0.25, 0.3) is 0 Å². The first-order chi connectivity index (χ1) is 6.41. The Bertz CT molecular complexity index is 170. The SMILES string of the molecule is CC(C)(C[O][Ge]([CH3])([CH3])[CH3])C[O][Ge]([CH3])([CH3])[CH3]. The summed E-state index contributed by atoms with van der Waals surface area (Å²) < 4.78 is 12.0. The van der Waals surface area contributed by atoms with E-state index in [1.807, 2.05) is 0 Å². The van der Waals surface area contributed by atoms with Crippen molar-refractivity contribution >= 4 is 27.2 Å². The van der Waals surface area contributed by atoms with Gasteiger partial charge >= 0.3 is 102 Å². The molecule has 0 saturated carbocycles. The van der Waals surface area contributed by atoms with Gasteiger partial charge in [-0.2, -0.15) is 0 Å². The van der Waals surface area contributed by atoms with E-state index in [1.54, 1.807) is 0 Å². The summed E-state index contributed by atoms with van der Waals surface area (Å²) in [6.07, 6.45) is 0. The molecule has 0 fully saturated rings. The first-order valence-electron chi connectivity index (χ1n) is 5.69. The topological polar surface area (TPSA) is 18.5 Å². The zero-order valence-electron chi connectivity index (χ0n) is 11.7. The molecule has 0 aromatic rings. The van der Waals surface area contributed by atoms with E-state index >= 15 is 0 Å². The van der Waals surface area contributed by atoms with Gasteiger partial charge < -0.3 is 0 Å². The van der Waals surface area contributed by atoms with Crippen molar-refractivity contribution in [3.8, 4) is 0 Å². The summed E-state index contributed by atoms with van der Waals surface area (Å²) in [5.74, 6) is 13.7. The fourth-order valence-electron chi connectivity index (χ4n) is 0.865. The van der Waals surface area contributed by atoms with Gasteiger partial charge in [-0.25, -0.2) is 0 Å². The molecule has 0 heterocycles. The van der Waals surface area contributed by atoms with Crippen LogP contribution in [0.2, 0.25) is 34.5 Å². The Morgan fingerprint density at radius 3 is 1.20 bits per heavy atom. The van der Waals surface area contributed by atoms with Crippen molar-refractivity contribution in [2.24, 2.45) is 5.41 Å². The predicted octanol–water partition coefficient (Wildman–Crippen LogP) is 3.72. The zero-order chi connectivity index (χ0) is 12.3. The van der Waals surface area contributed by atoms with E-state index in [0.29, 0.717) is 0 Å². The van der Waals surface area contributed by atoms with Gasteiger partial charge in [0.1, 0.15) is 0 Å². The van der Waals surface area contributed by atoms with Gasteiger partial charge in [-0.15, -0.1) is 0 Å². The summed E-state index contributed by atoms with van der Waals surface area (Å²) in [7, 11) is 0. The predicted molar refractivity (Wildman–Crippen MR) is 72.4 cm³/mol. The van der Waals surface area contributed by atoms with E-state index in [4.69, 9.17) is 7.53 Å². The quantitative estimate of drug-likeness (QED) is 0.688. The van der Waals surface area contributed by atoms with Crippen LogP contribution in [0.5, 0.6) is 0 Å². The average Bonchev–Trinajstić information content (AvgIpc) is 1.96. The molecule has 0 radical (unpaired) electrons. The van der Waals surface area contributed by atoms with Gasteiger partial charge in [0, 0.05) is 0 Å². The van der Waals surface area contributed by atoms with Gasteiger partial charge in [-0.1, -0.05) is 0 Å². The van der Waals surface area contributed by atoms with Crippen LogP contribution in [0.15, 0.2) is 0 Å². The van der Waals surface area contributed by atoms with Gasteiger partial charge in [-0.05, 0) is 0 Å². The molecular weight excluding hydrogens is 309 g/mol. The molecule has 4 heteroatoms. The van der Waals surface area contributed by atoms with Crippen LogP contribution >= 0.6 is 0 Å². The summed E-state index contributed by atoms with van der Waals surface area (Å²) in [6.45, 7) is 6.15. The Kier molecular flexibility index (Phi) is 5.93. The molecule has 15 heavy (non-hydrogen) atoms. The third-order valence-electron chi connectivity index (χ3n) is 1.79. The molecule has 0 unspecified atom stereocenters. The summed E-state index contributed by atoms with van der Waals surface area (Å²) in [5, 5.41) is 0. The summed E-state index contributed by atoms with van der Waals surface area (Å²) in [5.41, 5.74) is 0.164. The molecule has 0 aromatic carbocycles. The van der Waals surface area contributed by atoms with Crippen LogP contribution in [-0.4, -0.2) is 40.4 Å². The van der Waals surface area contributed by atoms with Gasteiger partial charge in [0.2, 0.25) is 0 Å². The molecule has 0 aliphatic rings. The van der Waals surface area contributed by atoms with E-state index in [1.165, 1.54) is 0 Å². The van der Waals surface area contributed by atoms with Gasteiger partial charge in [0.15, 0.2) is 0 Å². The molecule has 92 valence electrons. The average molecular weight is 338 g/mol. The minimum absolute atomic E-state index is 0.164. The fourth-order valence-corrected chi connectivity index (χ4v) is 4.32. The van der Waals surface area contributed by atoms with E-state index in [0.717, 1.165) is 13.2 Å². The molecule has 0 bridgehead atoms. The molecule has 0 spiro atoms. The maximum absolute atomic E-state index is 5.99. The molecule has 0 N–H and O–H groups in total. The van der Waals surface area contributed by atoms with Gasteiger partial charge in [-0.3, -0.25) is 0 Å². The van der Waals surface area contributed by atoms with Crippen molar-refractivity contribution in [2.75, 3.05) is 13.2 Å². The van der Waals surface area contributed by atoms with Crippen molar-refractivity contribution < 1.29 is 7.53 Å². The molecule has 0 amide bonds. The second-order valence-corrected chi connectivity index (χ2v) is 25.9. The molecule has 0 rings (SSSR count). The second-order valence-electron chi connectivity index (χ2n) is 6.97. The summed E-state index contributed by atoms with van der Waals surface area (Å²) in [6, 6.07) is 0. The molecule has 0 saturated heterocycles. The minimum atomic E-state index is -1.85. The van der Waals surface area contributed by atoms with Crippen LogP contribution in [0.4, 0.5) is 0 Å². The van der Waals surface area contributed by atoms with Crippen molar-refractivity contribution in [3.63, 3.8) is 0 Å². The Balaban J connectivity index is 3.98. The zero-order valence-corrected chi connectivity index (χ0v) is 15.9. The first kappa shape index (κ1) is 16.0. The van der Waals surface area contributed by atoms with E-state index in [9.17, 15) is 0 Å². The van der Waals surface area contributed by atoms with E-state index in [-0.39, 0.29) is 5.41 Å². The summed E-state index contributed by atoms with van der Waals surface area (Å²) in [4.78, 5) is 0. The van der Waals surface area contributed by atoms with Gasteiger partial charge in [0.25, 0.3) is 0 Å². The standard InChI is InChI=1S/C11H28Ge2O2/c1-11(2,9-14-12(3,4)5)10-15-13(6,7)8/h9-10H2,1-8H3. The Morgan fingerprint density at radius 1 is 0.733 bits per heavy atom. The second kappa shape index (κ2) is 5.56. The molecule has 0 aliphatic carbocycles. The Morgan fingerprint density at radius 2 is 1.00 bits per heavy atom. The maximum atomic E-state index is 5.99. The van der Waals surface area contributed by atoms with Crippen LogP contribution < -0.4 is 0 Å². The Hall–Kier alpha value is 1.01. The summed E-state index contributed by atoms with van der Waals surface area (Å²) >= 11 is -3.69. The first-order valence-corrected chi connectivity index (χ1v) is 20.0. The molecule has 0 atom stereocenters. The third-order valence-corrected chi connectivity index (χ3v) is 6.03. The molecule has 2 nitrogen and oxygen atoms in total. The van der Waals surface area contributed by atoms with Crippen LogP contribution in [0, 0.1) is 5.41 Å². The third kappa shape index (κ3) is 11.3. The van der Waals surface area contributed by atoms with E-state index < -0.39 is 27.2 Å². The van der Waals surface area contributed by atoms with Crippen LogP contribution in [0.1, 0.15) is 13.8 Å². The number of rotatable bonds is 6. The number of hydrogen-bond donors (Lipinski definition) is 0. The van der Waals surface area contributed by atoms with Crippen molar-refractivity contribution in [1.82, 2.24) is 0 Å². The molecule has 0 aromatic heterocycles. The van der Waals surface area contributed by atoms with Crippen molar-refractivity contribution in [3.05, 3.63) is 0 Å². The fraction of sp³-hybridized carbons (Fsp3) is 1.00. The van der Waals surface area contributed by atoms with Crippen LogP contribution in [0.3, 0.4) is 0 Å². The van der Waals surface area contributed by atoms with Crippen LogP contribution in [-0.2, 0) is 7.53 Å². The van der Waals surface area contributed by atoms with Crippen molar-refractivity contribution in [2.45, 2.75) is 48.4 Å². The molecule has 0 aliphatic heterocycles. The van der Waals surface area contributed by atoms with E-state index in [2.05, 4.69) is 48.4 Å². The Labute approximate surface area is 102 Å². The monoisotopic (exact) mass is 340 g/mol. The number of hydrogen-bond acceptors (Lipinski definition) is 2. The van der Waals surface area contributed by atoms with Crippen molar-refractivity contribution in [1.29, 1.82) is 0 Å². The molecular formula is C11H28Ge2O2.